The minimum absolute atomic E-state index is 0.0200. The third-order valence-corrected chi connectivity index (χ3v) is 6.35. The Hall–Kier alpha value is -3.10. The monoisotopic (exact) mass is 532 g/mol. The molecule has 0 saturated heterocycles. The Labute approximate surface area is 228 Å². The molecule has 0 aliphatic heterocycles. The number of nitrogens with zero attached hydrogens (tertiary/aromatic N) is 1. The van der Waals surface area contributed by atoms with E-state index in [4.69, 9.17) is 10.5 Å². The summed E-state index contributed by atoms with van der Waals surface area (Å²) in [6.45, 7) is 16.8. The Morgan fingerprint density at radius 2 is 1.66 bits per heavy atom. The predicted octanol–water partition coefficient (Wildman–Crippen LogP) is 4.44. The highest BCUT2D eigenvalue weighted by atomic mass is 16.6. The van der Waals surface area contributed by atoms with Crippen molar-refractivity contribution in [3.05, 3.63) is 34.9 Å². The van der Waals surface area contributed by atoms with E-state index in [2.05, 4.69) is 10.6 Å². The van der Waals surface area contributed by atoms with Crippen molar-refractivity contribution in [2.75, 3.05) is 0 Å². The molecular formula is C29H48N4O5. The van der Waals surface area contributed by atoms with Crippen molar-refractivity contribution < 1.29 is 23.9 Å². The third kappa shape index (κ3) is 10.3. The van der Waals surface area contributed by atoms with Crippen LogP contribution in [0.2, 0.25) is 0 Å². The van der Waals surface area contributed by atoms with E-state index in [-0.39, 0.29) is 30.8 Å². The Bertz CT molecular complexity index is 972. The molecule has 214 valence electrons. The van der Waals surface area contributed by atoms with Crippen molar-refractivity contribution in [2.24, 2.45) is 5.73 Å². The molecule has 0 heterocycles. The highest BCUT2D eigenvalue weighted by Gasteiger charge is 2.39. The second kappa shape index (κ2) is 14.7. The van der Waals surface area contributed by atoms with Crippen LogP contribution in [0.1, 0.15) is 103 Å². The van der Waals surface area contributed by atoms with Crippen molar-refractivity contribution >= 4 is 23.8 Å². The summed E-state index contributed by atoms with van der Waals surface area (Å²) in [4.78, 5) is 53.8. The van der Waals surface area contributed by atoms with Gasteiger partial charge in [-0.3, -0.25) is 14.4 Å². The van der Waals surface area contributed by atoms with E-state index in [1.165, 1.54) is 4.90 Å². The second-order valence-electron chi connectivity index (χ2n) is 11.2. The first-order valence-corrected chi connectivity index (χ1v) is 13.6. The standard InChI is InChI=1S/C29H48N4O5/c1-10-12-20(5)31-26(35)25(22-14-13-18(3)17-19(22)4)33(21(6)11-2)27(36)23(15-16-24(30)34)32-28(37)38-29(7,8)9/h13-14,17,20-21,23,25H,10-12,15-16H2,1-9H3,(H2,30,34)(H,31,35)(H,32,37). The maximum atomic E-state index is 14.2. The van der Waals surface area contributed by atoms with E-state index in [9.17, 15) is 19.2 Å². The molecular weight excluding hydrogens is 484 g/mol. The number of hydrogen-bond acceptors (Lipinski definition) is 5. The number of carbonyl (C=O) groups is 4. The summed E-state index contributed by atoms with van der Waals surface area (Å²) in [7, 11) is 0. The summed E-state index contributed by atoms with van der Waals surface area (Å²) in [6.07, 6.45) is 1.35. The number of nitrogens with two attached hydrogens (primary N) is 1. The number of alkyl carbamates (subject to hydrolysis) is 1. The van der Waals surface area contributed by atoms with Gasteiger partial charge in [0.25, 0.3) is 0 Å². The first-order chi connectivity index (χ1) is 17.6. The van der Waals surface area contributed by atoms with Crippen molar-refractivity contribution in [1.29, 1.82) is 0 Å². The zero-order valence-corrected chi connectivity index (χ0v) is 24.6. The molecule has 0 aliphatic carbocycles. The van der Waals surface area contributed by atoms with Crippen molar-refractivity contribution in [1.82, 2.24) is 15.5 Å². The molecule has 0 fully saturated rings. The molecule has 4 unspecified atom stereocenters. The summed E-state index contributed by atoms with van der Waals surface area (Å²) in [5.74, 6) is -1.37. The van der Waals surface area contributed by atoms with Crippen LogP contribution in [0, 0.1) is 13.8 Å². The van der Waals surface area contributed by atoms with Gasteiger partial charge in [-0.15, -0.1) is 0 Å². The molecule has 0 aliphatic rings. The fraction of sp³-hybridized carbons (Fsp3) is 0.655. The molecule has 38 heavy (non-hydrogen) atoms. The Morgan fingerprint density at radius 3 is 2.16 bits per heavy atom. The van der Waals surface area contributed by atoms with E-state index in [0.717, 1.165) is 24.0 Å². The average molecular weight is 533 g/mol. The largest absolute Gasteiger partial charge is 0.444 e. The quantitative estimate of drug-likeness (QED) is 0.346. The van der Waals surface area contributed by atoms with E-state index < -0.39 is 35.6 Å². The van der Waals surface area contributed by atoms with Crippen LogP contribution in [-0.2, 0) is 19.1 Å². The van der Waals surface area contributed by atoms with Crippen LogP contribution in [-0.4, -0.2) is 52.4 Å². The molecule has 0 spiro atoms. The summed E-state index contributed by atoms with van der Waals surface area (Å²) in [5.41, 5.74) is 7.22. The number of nitrogens with one attached hydrogen (secondary N) is 2. The molecule has 1 aromatic rings. The highest BCUT2D eigenvalue weighted by molar-refractivity contribution is 5.93. The van der Waals surface area contributed by atoms with Gasteiger partial charge < -0.3 is 26.0 Å². The summed E-state index contributed by atoms with van der Waals surface area (Å²) in [6, 6.07) is 3.29. The van der Waals surface area contributed by atoms with Crippen LogP contribution in [0.25, 0.3) is 0 Å². The van der Waals surface area contributed by atoms with Crippen molar-refractivity contribution in [3.8, 4) is 0 Å². The Kier molecular flexibility index (Phi) is 12.8. The molecule has 0 saturated carbocycles. The molecule has 4 amide bonds. The number of aryl methyl sites for hydroxylation is 2. The lowest BCUT2D eigenvalue weighted by Crippen LogP contribution is -2.56. The third-order valence-electron chi connectivity index (χ3n) is 6.35. The molecule has 0 bridgehead atoms. The van der Waals surface area contributed by atoms with Gasteiger partial charge in [-0.25, -0.2) is 4.79 Å². The molecule has 9 heteroatoms. The van der Waals surface area contributed by atoms with Gasteiger partial charge in [-0.05, 0) is 78.9 Å². The average Bonchev–Trinajstić information content (AvgIpc) is 2.78. The first kappa shape index (κ1) is 32.9. The molecule has 9 nitrogen and oxygen atoms in total. The first-order valence-electron chi connectivity index (χ1n) is 13.6. The van der Waals surface area contributed by atoms with E-state index in [0.29, 0.717) is 12.0 Å². The van der Waals surface area contributed by atoms with Gasteiger partial charge in [0, 0.05) is 18.5 Å². The van der Waals surface area contributed by atoms with Crippen molar-refractivity contribution in [2.45, 2.75) is 124 Å². The fourth-order valence-electron chi connectivity index (χ4n) is 4.35. The van der Waals surface area contributed by atoms with Crippen LogP contribution in [0.5, 0.6) is 0 Å². The number of carbonyl (C=O) groups excluding carboxylic acids is 4. The number of ether oxygens (including phenoxy) is 1. The lowest BCUT2D eigenvalue weighted by atomic mass is 9.94. The van der Waals surface area contributed by atoms with Crippen LogP contribution in [0.3, 0.4) is 0 Å². The SMILES string of the molecule is CCCC(C)NC(=O)C(c1ccc(C)cc1C)N(C(=O)C(CCC(N)=O)NC(=O)OC(C)(C)C)C(C)CC. The zero-order valence-electron chi connectivity index (χ0n) is 24.6. The summed E-state index contributed by atoms with van der Waals surface area (Å²) < 4.78 is 5.38. The fourth-order valence-corrected chi connectivity index (χ4v) is 4.35. The maximum absolute atomic E-state index is 14.2. The number of benzene rings is 1. The molecule has 4 N–H and O–H groups in total. The van der Waals surface area contributed by atoms with E-state index in [1.807, 2.05) is 59.7 Å². The minimum atomic E-state index is -1.11. The van der Waals surface area contributed by atoms with Crippen LogP contribution < -0.4 is 16.4 Å². The molecule has 0 aromatic heterocycles. The lowest BCUT2D eigenvalue weighted by molar-refractivity contribution is -0.145. The van der Waals surface area contributed by atoms with Gasteiger partial charge in [0.1, 0.15) is 17.7 Å². The Balaban J connectivity index is 3.62. The molecule has 4 atom stereocenters. The van der Waals surface area contributed by atoms with Gasteiger partial charge in [0.05, 0.1) is 0 Å². The molecule has 1 rings (SSSR count). The second-order valence-corrected chi connectivity index (χ2v) is 11.2. The summed E-state index contributed by atoms with van der Waals surface area (Å²) in [5, 5.41) is 5.70. The lowest BCUT2D eigenvalue weighted by Gasteiger charge is -2.39. The highest BCUT2D eigenvalue weighted by Crippen LogP contribution is 2.30. The van der Waals surface area contributed by atoms with E-state index in [1.54, 1.807) is 20.8 Å². The zero-order chi connectivity index (χ0) is 29.2. The van der Waals surface area contributed by atoms with Gasteiger partial charge in [-0.1, -0.05) is 44.0 Å². The van der Waals surface area contributed by atoms with Gasteiger partial charge in [-0.2, -0.15) is 0 Å². The maximum Gasteiger partial charge on any atom is 0.408 e. The topological polar surface area (TPSA) is 131 Å². The molecule has 0 radical (unpaired) electrons. The predicted molar refractivity (Wildman–Crippen MR) is 149 cm³/mol. The number of rotatable bonds is 13. The number of primary amides is 1. The Morgan fingerprint density at radius 1 is 1.03 bits per heavy atom. The van der Waals surface area contributed by atoms with Gasteiger partial charge >= 0.3 is 6.09 Å². The van der Waals surface area contributed by atoms with Gasteiger partial charge in [0.15, 0.2) is 0 Å². The minimum Gasteiger partial charge on any atom is -0.444 e. The molecule has 1 aromatic carbocycles. The normalized spacial score (nSPS) is 14.6. The van der Waals surface area contributed by atoms with Crippen LogP contribution >= 0.6 is 0 Å². The van der Waals surface area contributed by atoms with Gasteiger partial charge in [0.2, 0.25) is 17.7 Å². The number of amides is 4. The van der Waals surface area contributed by atoms with Crippen LogP contribution in [0.4, 0.5) is 4.79 Å². The van der Waals surface area contributed by atoms with Crippen molar-refractivity contribution in [3.63, 3.8) is 0 Å². The number of hydrogen-bond donors (Lipinski definition) is 3. The van der Waals surface area contributed by atoms with Crippen LogP contribution in [0.15, 0.2) is 18.2 Å². The van der Waals surface area contributed by atoms with E-state index >= 15 is 0 Å². The smallest absolute Gasteiger partial charge is 0.408 e. The summed E-state index contributed by atoms with van der Waals surface area (Å²) >= 11 is 0.